The minimum absolute atomic E-state index is 0.0382. The third kappa shape index (κ3) is 2.99. The van der Waals surface area contributed by atoms with Crippen molar-refractivity contribution in [1.82, 2.24) is 4.90 Å². The van der Waals surface area contributed by atoms with Gasteiger partial charge in [-0.2, -0.15) is 0 Å². The Balaban J connectivity index is 1.78. The number of piperazine rings is 1. The standard InChI is InChI=1S/C19H26N2O2/c1-13-8-9-14(2)17(12-13)21-11-10-20(15(3)18(21)22)19(23)16-6-4-5-7-16/h8-9,12,15-16H,4-7,10-11H2,1-3H3/t15-/m1/s1. The summed E-state index contributed by atoms with van der Waals surface area (Å²) in [5.74, 6) is 0.359. The molecule has 2 fully saturated rings. The maximum Gasteiger partial charge on any atom is 0.249 e. The van der Waals surface area contributed by atoms with Crippen LogP contribution in [0.5, 0.6) is 0 Å². The second-order valence-corrected chi connectivity index (χ2v) is 6.97. The van der Waals surface area contributed by atoms with Crippen LogP contribution in [0.3, 0.4) is 0 Å². The largest absolute Gasteiger partial charge is 0.329 e. The fourth-order valence-electron chi connectivity index (χ4n) is 3.83. The van der Waals surface area contributed by atoms with Gasteiger partial charge in [-0.1, -0.05) is 25.0 Å². The number of benzene rings is 1. The molecule has 1 aromatic carbocycles. The van der Waals surface area contributed by atoms with Crippen LogP contribution in [0.1, 0.15) is 43.7 Å². The van der Waals surface area contributed by atoms with Crippen molar-refractivity contribution < 1.29 is 9.59 Å². The van der Waals surface area contributed by atoms with Gasteiger partial charge < -0.3 is 9.80 Å². The van der Waals surface area contributed by atoms with E-state index < -0.39 is 0 Å². The van der Waals surface area contributed by atoms with Crippen molar-refractivity contribution in [2.75, 3.05) is 18.0 Å². The van der Waals surface area contributed by atoms with Crippen LogP contribution in [-0.4, -0.2) is 35.8 Å². The minimum Gasteiger partial charge on any atom is -0.329 e. The van der Waals surface area contributed by atoms with E-state index >= 15 is 0 Å². The molecule has 1 aliphatic heterocycles. The number of carbonyl (C=O) groups excluding carboxylic acids is 2. The molecule has 1 aromatic rings. The molecule has 2 amide bonds. The Morgan fingerprint density at radius 3 is 2.52 bits per heavy atom. The summed E-state index contributed by atoms with van der Waals surface area (Å²) in [5.41, 5.74) is 3.23. The summed E-state index contributed by atoms with van der Waals surface area (Å²) >= 11 is 0. The van der Waals surface area contributed by atoms with E-state index in [2.05, 4.69) is 18.2 Å². The molecule has 4 heteroatoms. The van der Waals surface area contributed by atoms with Gasteiger partial charge in [-0.25, -0.2) is 0 Å². The second kappa shape index (κ2) is 6.34. The number of hydrogen-bond donors (Lipinski definition) is 0. The van der Waals surface area contributed by atoms with E-state index in [-0.39, 0.29) is 23.8 Å². The molecule has 0 N–H and O–H groups in total. The lowest BCUT2D eigenvalue weighted by atomic mass is 10.0. The van der Waals surface area contributed by atoms with Gasteiger partial charge in [0.1, 0.15) is 6.04 Å². The van der Waals surface area contributed by atoms with E-state index in [1.54, 1.807) is 4.90 Å². The molecule has 1 aliphatic carbocycles. The van der Waals surface area contributed by atoms with E-state index in [0.29, 0.717) is 13.1 Å². The first-order chi connectivity index (χ1) is 11.0. The van der Waals surface area contributed by atoms with Gasteiger partial charge in [-0.3, -0.25) is 9.59 Å². The summed E-state index contributed by atoms with van der Waals surface area (Å²) < 4.78 is 0. The Labute approximate surface area is 138 Å². The highest BCUT2D eigenvalue weighted by Crippen LogP contribution is 2.30. The fraction of sp³-hybridized carbons (Fsp3) is 0.579. The number of amides is 2. The van der Waals surface area contributed by atoms with Crippen molar-refractivity contribution in [2.45, 2.75) is 52.5 Å². The Hall–Kier alpha value is -1.84. The molecule has 1 atom stereocenters. The van der Waals surface area contributed by atoms with E-state index in [4.69, 9.17) is 0 Å². The molecule has 0 bridgehead atoms. The van der Waals surface area contributed by atoms with Crippen molar-refractivity contribution in [3.05, 3.63) is 29.3 Å². The smallest absolute Gasteiger partial charge is 0.249 e. The Kier molecular flexibility index (Phi) is 4.42. The molecular formula is C19H26N2O2. The average Bonchev–Trinajstić information content (AvgIpc) is 3.06. The number of carbonyl (C=O) groups is 2. The average molecular weight is 314 g/mol. The fourth-order valence-corrected chi connectivity index (χ4v) is 3.83. The van der Waals surface area contributed by atoms with Crippen molar-refractivity contribution in [1.29, 1.82) is 0 Å². The molecule has 1 saturated heterocycles. The highest BCUT2D eigenvalue weighted by atomic mass is 16.2. The third-order valence-electron chi connectivity index (χ3n) is 5.30. The van der Waals surface area contributed by atoms with Crippen LogP contribution in [0, 0.1) is 19.8 Å². The van der Waals surface area contributed by atoms with Gasteiger partial charge >= 0.3 is 0 Å². The van der Waals surface area contributed by atoms with Crippen LogP contribution in [0.4, 0.5) is 5.69 Å². The number of anilines is 1. The summed E-state index contributed by atoms with van der Waals surface area (Å²) in [6.45, 7) is 7.16. The normalized spacial score (nSPS) is 22.7. The van der Waals surface area contributed by atoms with Gasteiger partial charge in [0.05, 0.1) is 0 Å². The second-order valence-electron chi connectivity index (χ2n) is 6.97. The Morgan fingerprint density at radius 1 is 1.13 bits per heavy atom. The van der Waals surface area contributed by atoms with Crippen molar-refractivity contribution >= 4 is 17.5 Å². The SMILES string of the molecule is Cc1ccc(C)c(N2CCN(C(=O)C3CCCC3)[C@H](C)C2=O)c1. The molecular weight excluding hydrogens is 288 g/mol. The predicted octanol–water partition coefficient (Wildman–Crippen LogP) is 3.06. The van der Waals surface area contributed by atoms with Crippen molar-refractivity contribution in [3.63, 3.8) is 0 Å². The van der Waals surface area contributed by atoms with Crippen LogP contribution in [0.2, 0.25) is 0 Å². The molecule has 23 heavy (non-hydrogen) atoms. The monoisotopic (exact) mass is 314 g/mol. The molecule has 3 rings (SSSR count). The molecule has 2 aliphatic rings. The molecule has 124 valence electrons. The summed E-state index contributed by atoms with van der Waals surface area (Å²) in [6, 6.07) is 5.82. The maximum atomic E-state index is 12.9. The quantitative estimate of drug-likeness (QED) is 0.842. The van der Waals surface area contributed by atoms with Crippen LogP contribution in [-0.2, 0) is 9.59 Å². The van der Waals surface area contributed by atoms with Crippen LogP contribution >= 0.6 is 0 Å². The van der Waals surface area contributed by atoms with E-state index in [9.17, 15) is 9.59 Å². The zero-order chi connectivity index (χ0) is 16.6. The first-order valence-electron chi connectivity index (χ1n) is 8.68. The zero-order valence-electron chi connectivity index (χ0n) is 14.3. The zero-order valence-corrected chi connectivity index (χ0v) is 14.3. The van der Waals surface area contributed by atoms with E-state index in [1.807, 2.05) is 25.7 Å². The third-order valence-corrected chi connectivity index (χ3v) is 5.30. The number of rotatable bonds is 2. The topological polar surface area (TPSA) is 40.6 Å². The molecule has 0 aromatic heterocycles. The maximum absolute atomic E-state index is 12.9. The van der Waals surface area contributed by atoms with Crippen molar-refractivity contribution in [2.24, 2.45) is 5.92 Å². The molecule has 1 heterocycles. The van der Waals surface area contributed by atoms with Crippen molar-refractivity contribution in [3.8, 4) is 0 Å². The minimum atomic E-state index is -0.364. The lowest BCUT2D eigenvalue weighted by Gasteiger charge is -2.40. The van der Waals surface area contributed by atoms with Gasteiger partial charge in [0, 0.05) is 24.7 Å². The highest BCUT2D eigenvalue weighted by molar-refractivity contribution is 6.01. The molecule has 0 radical (unpaired) electrons. The van der Waals surface area contributed by atoms with E-state index in [0.717, 1.165) is 42.5 Å². The first-order valence-corrected chi connectivity index (χ1v) is 8.68. The Morgan fingerprint density at radius 2 is 1.83 bits per heavy atom. The molecule has 0 unspecified atom stereocenters. The van der Waals surface area contributed by atoms with Gasteiger partial charge in [-0.05, 0) is 50.8 Å². The number of aryl methyl sites for hydroxylation is 2. The lowest BCUT2D eigenvalue weighted by Crippen LogP contribution is -2.58. The summed E-state index contributed by atoms with van der Waals surface area (Å²) in [6.07, 6.45) is 4.25. The van der Waals surface area contributed by atoms with Gasteiger partial charge in [-0.15, -0.1) is 0 Å². The van der Waals surface area contributed by atoms with Gasteiger partial charge in [0.2, 0.25) is 11.8 Å². The molecule has 1 saturated carbocycles. The number of nitrogens with zero attached hydrogens (tertiary/aromatic N) is 2. The first kappa shape index (κ1) is 16.0. The van der Waals surface area contributed by atoms with Gasteiger partial charge in [0.15, 0.2) is 0 Å². The van der Waals surface area contributed by atoms with Crippen LogP contribution < -0.4 is 4.90 Å². The van der Waals surface area contributed by atoms with Gasteiger partial charge in [0.25, 0.3) is 0 Å². The summed E-state index contributed by atoms with van der Waals surface area (Å²) in [5, 5.41) is 0. The lowest BCUT2D eigenvalue weighted by molar-refractivity contribution is -0.143. The Bertz CT molecular complexity index is 620. The predicted molar refractivity (Wildman–Crippen MR) is 91.4 cm³/mol. The van der Waals surface area contributed by atoms with Crippen LogP contribution in [0.15, 0.2) is 18.2 Å². The summed E-state index contributed by atoms with van der Waals surface area (Å²) in [4.78, 5) is 29.2. The molecule has 0 spiro atoms. The van der Waals surface area contributed by atoms with Crippen LogP contribution in [0.25, 0.3) is 0 Å². The highest BCUT2D eigenvalue weighted by Gasteiger charge is 2.38. The summed E-state index contributed by atoms with van der Waals surface area (Å²) in [7, 11) is 0. The molecule has 4 nitrogen and oxygen atoms in total. The van der Waals surface area contributed by atoms with E-state index in [1.165, 1.54) is 0 Å². The number of hydrogen-bond acceptors (Lipinski definition) is 2.